The Kier molecular flexibility index (Phi) is 5.45. The zero-order valence-corrected chi connectivity index (χ0v) is 15.4. The van der Waals surface area contributed by atoms with Crippen molar-refractivity contribution < 1.29 is 48.4 Å². The van der Waals surface area contributed by atoms with E-state index in [1.807, 2.05) is 0 Å². The predicted octanol–water partition coefficient (Wildman–Crippen LogP) is 0.265. The summed E-state index contributed by atoms with van der Waals surface area (Å²) in [7, 11) is -6.19. The number of ether oxygens (including phenoxy) is 1. The number of rotatable bonds is 6. The molecular weight excluding hydrogens is 460 g/mol. The molecule has 1 atom stereocenters. The first kappa shape index (κ1) is 19.0. The van der Waals surface area contributed by atoms with Crippen molar-refractivity contribution in [1.82, 2.24) is 0 Å². The third-order valence-electron chi connectivity index (χ3n) is 3.05. The van der Waals surface area contributed by atoms with Crippen LogP contribution < -0.4 is 23.7 Å². The summed E-state index contributed by atoms with van der Waals surface area (Å²) in [5.74, 6) is 0.325. The molecule has 9 heteroatoms. The second kappa shape index (κ2) is 6.89. The van der Waals surface area contributed by atoms with Crippen molar-refractivity contribution in [2.24, 2.45) is 0 Å². The Hall–Kier alpha value is -1.33. The maximum absolute atomic E-state index is 15.7. The average Bonchev–Trinajstić information content (AvgIpc) is 2.55. The summed E-state index contributed by atoms with van der Waals surface area (Å²) in [6.45, 7) is 2.04. The summed E-state index contributed by atoms with van der Waals surface area (Å²) in [4.78, 5) is 0. The molecule has 2 rings (SSSR count). The SMILES string of the molecule is CCOc1ccc([I-](F)(c2ccccc2)C(F)(F)S(=O)(=O)[O-])cc1. The molecule has 24 heavy (non-hydrogen) atoms. The number of hydrogen-bond acceptors (Lipinski definition) is 4. The molecule has 0 aromatic heterocycles. The van der Waals surface area contributed by atoms with Gasteiger partial charge in [-0.15, -0.1) is 0 Å². The summed E-state index contributed by atoms with van der Waals surface area (Å²) >= 11 is -6.25. The van der Waals surface area contributed by atoms with E-state index >= 15 is 2.86 Å². The van der Waals surface area contributed by atoms with Gasteiger partial charge in [-0.05, 0) is 0 Å². The van der Waals surface area contributed by atoms with E-state index in [0.717, 1.165) is 24.3 Å². The van der Waals surface area contributed by atoms with Crippen LogP contribution >= 0.6 is 0 Å². The molecule has 0 radical (unpaired) electrons. The average molecular weight is 474 g/mol. The Balaban J connectivity index is 2.68. The van der Waals surface area contributed by atoms with Crippen molar-refractivity contribution in [2.75, 3.05) is 6.61 Å². The molecule has 0 aliphatic rings. The van der Waals surface area contributed by atoms with E-state index in [4.69, 9.17) is 4.74 Å². The summed E-state index contributed by atoms with van der Waals surface area (Å²) in [5, 5.41) is 0. The number of hydrogen-bond donors (Lipinski definition) is 0. The third kappa shape index (κ3) is 3.24. The fourth-order valence-corrected chi connectivity index (χ4v) is 10.6. The Morgan fingerprint density at radius 3 is 2.00 bits per heavy atom. The number of alkyl halides is 3. The van der Waals surface area contributed by atoms with Crippen molar-refractivity contribution in [3.8, 4) is 5.75 Å². The standard InChI is InChI=1S/C15H15F3IO4S/c1-2-23-14-10-8-13(9-11-14)19(18,12-6-4-3-5-7-12)15(16,17)24(20,21)22/h3-11H,2H2,1H3,(H,20,21,22)/q-1/p-1. The molecule has 4 nitrogen and oxygen atoms in total. The molecule has 0 heterocycles. The van der Waals surface area contributed by atoms with E-state index < -0.39 is 39.5 Å². The number of halogens is 4. The van der Waals surface area contributed by atoms with E-state index in [0.29, 0.717) is 12.4 Å². The van der Waals surface area contributed by atoms with Crippen molar-refractivity contribution in [2.45, 2.75) is 10.2 Å². The van der Waals surface area contributed by atoms with Crippen LogP contribution in [0.15, 0.2) is 54.6 Å². The molecule has 2 aromatic carbocycles. The summed E-state index contributed by atoms with van der Waals surface area (Å²) in [6, 6.07) is 10.9. The quantitative estimate of drug-likeness (QED) is 0.343. The fraction of sp³-hybridized carbons (Fsp3) is 0.200. The molecule has 0 bridgehead atoms. The molecule has 0 saturated carbocycles. The van der Waals surface area contributed by atoms with Gasteiger partial charge in [0.25, 0.3) is 0 Å². The van der Waals surface area contributed by atoms with Crippen molar-refractivity contribution in [1.29, 1.82) is 0 Å². The predicted molar refractivity (Wildman–Crippen MR) is 77.2 cm³/mol. The van der Waals surface area contributed by atoms with E-state index in [1.54, 1.807) is 6.92 Å². The fourth-order valence-electron chi connectivity index (χ4n) is 1.97. The molecule has 1 unspecified atom stereocenters. The van der Waals surface area contributed by atoms with Gasteiger partial charge in [0.1, 0.15) is 0 Å². The van der Waals surface area contributed by atoms with Crippen LogP contribution in [0, 0.1) is 7.14 Å². The Morgan fingerprint density at radius 1 is 1.04 bits per heavy atom. The first-order valence-corrected chi connectivity index (χ1v) is 12.2. The van der Waals surface area contributed by atoms with Gasteiger partial charge in [-0.2, -0.15) is 0 Å². The Labute approximate surface area is 142 Å². The van der Waals surface area contributed by atoms with Crippen LogP contribution in [-0.2, 0) is 10.1 Å². The van der Waals surface area contributed by atoms with Gasteiger partial charge in [0, 0.05) is 0 Å². The van der Waals surface area contributed by atoms with Crippen LogP contribution in [0.3, 0.4) is 0 Å². The Bertz CT molecular complexity index is 797. The molecular formula is C15H14F3IO4S-2. The van der Waals surface area contributed by atoms with Gasteiger partial charge in [-0.1, -0.05) is 0 Å². The molecule has 0 spiro atoms. The first-order valence-electron chi connectivity index (χ1n) is 6.72. The first-order chi connectivity index (χ1) is 11.1. The van der Waals surface area contributed by atoms with Crippen LogP contribution in [0.25, 0.3) is 0 Å². The van der Waals surface area contributed by atoms with Crippen LogP contribution in [0.1, 0.15) is 6.92 Å². The van der Waals surface area contributed by atoms with Gasteiger partial charge in [-0.25, -0.2) is 0 Å². The minimum absolute atomic E-state index is 0.324. The molecule has 0 aliphatic heterocycles. The Morgan fingerprint density at radius 2 is 1.54 bits per heavy atom. The number of benzene rings is 2. The van der Waals surface area contributed by atoms with Gasteiger partial charge in [0.2, 0.25) is 0 Å². The zero-order chi connectivity index (χ0) is 18.0. The summed E-state index contributed by atoms with van der Waals surface area (Å²) in [6.07, 6.45) is 0. The summed E-state index contributed by atoms with van der Waals surface area (Å²) in [5.41, 5.74) is 0. The van der Waals surface area contributed by atoms with Crippen LogP contribution in [0.5, 0.6) is 5.75 Å². The summed E-state index contributed by atoms with van der Waals surface area (Å²) < 4.78 is 76.9. The van der Waals surface area contributed by atoms with Crippen molar-refractivity contribution in [3.05, 3.63) is 61.7 Å². The van der Waals surface area contributed by atoms with E-state index in [-0.39, 0.29) is 0 Å². The van der Waals surface area contributed by atoms with Gasteiger partial charge in [-0.3, -0.25) is 0 Å². The van der Waals surface area contributed by atoms with Crippen LogP contribution in [0.4, 0.5) is 11.6 Å². The third-order valence-corrected chi connectivity index (χ3v) is 13.3. The molecule has 0 fully saturated rings. The van der Waals surface area contributed by atoms with Gasteiger partial charge in [0.05, 0.1) is 0 Å². The minimum atomic E-state index is -6.25. The van der Waals surface area contributed by atoms with Crippen LogP contribution in [-0.4, -0.2) is 22.8 Å². The zero-order valence-electron chi connectivity index (χ0n) is 12.5. The molecule has 0 aliphatic carbocycles. The topological polar surface area (TPSA) is 66.4 Å². The van der Waals surface area contributed by atoms with Crippen molar-refractivity contribution in [3.63, 3.8) is 0 Å². The van der Waals surface area contributed by atoms with Gasteiger partial charge < -0.3 is 0 Å². The van der Waals surface area contributed by atoms with E-state index in [1.165, 1.54) is 30.3 Å². The molecule has 134 valence electrons. The normalized spacial score (nSPS) is 16.2. The van der Waals surface area contributed by atoms with Crippen molar-refractivity contribution >= 4 is 10.1 Å². The molecule has 0 saturated heterocycles. The molecule has 0 amide bonds. The monoisotopic (exact) mass is 474 g/mol. The van der Waals surface area contributed by atoms with Gasteiger partial charge in [0.15, 0.2) is 0 Å². The molecule has 2 aromatic rings. The van der Waals surface area contributed by atoms with E-state index in [9.17, 15) is 21.8 Å². The van der Waals surface area contributed by atoms with Crippen LogP contribution in [0.2, 0.25) is 0 Å². The second-order valence-corrected chi connectivity index (χ2v) is 13.4. The second-order valence-electron chi connectivity index (χ2n) is 4.58. The van der Waals surface area contributed by atoms with Gasteiger partial charge >= 0.3 is 143 Å². The van der Waals surface area contributed by atoms with E-state index in [2.05, 4.69) is 0 Å². The molecule has 0 N–H and O–H groups in total. The maximum atomic E-state index is 15.7.